The van der Waals surface area contributed by atoms with Crippen LogP contribution in [0.4, 0.5) is 0 Å². The zero-order valence-corrected chi connectivity index (χ0v) is 10.9. The molecule has 0 radical (unpaired) electrons. The van der Waals surface area contributed by atoms with Crippen LogP contribution < -0.4 is 0 Å². The monoisotopic (exact) mass is 264 g/mol. The van der Waals surface area contributed by atoms with Crippen LogP contribution in [0.15, 0.2) is 18.5 Å². The largest absolute Gasteiger partial charge is 0.505 e. The maximum Gasteiger partial charge on any atom is 0.310 e. The number of aromatic nitrogens is 1. The number of hydrogen-bond acceptors (Lipinski definition) is 5. The van der Waals surface area contributed by atoms with Crippen LogP contribution in [0.25, 0.3) is 0 Å². The molecule has 1 aliphatic heterocycles. The Morgan fingerprint density at radius 2 is 2.21 bits per heavy atom. The molecule has 0 aliphatic carbocycles. The van der Waals surface area contributed by atoms with Crippen molar-refractivity contribution >= 4 is 11.9 Å². The Labute approximate surface area is 111 Å². The number of carbonyl (C=O) groups excluding carboxylic acids is 2. The van der Waals surface area contributed by atoms with Gasteiger partial charge in [-0.1, -0.05) is 6.92 Å². The Hall–Kier alpha value is -2.11. The minimum Gasteiger partial charge on any atom is -0.505 e. The second-order valence-electron chi connectivity index (χ2n) is 4.71. The number of rotatable bonds is 2. The van der Waals surface area contributed by atoms with Crippen molar-refractivity contribution in [2.24, 2.45) is 11.8 Å². The highest BCUT2D eigenvalue weighted by Crippen LogP contribution is 2.27. The standard InChI is InChI=1S/C13H16N2O4/c1-8-6-15(7-10(8)13(18)19-2)12(17)9-3-4-14-5-11(9)16/h3-5,8,10,16H,6-7H2,1-2H3. The summed E-state index contributed by atoms with van der Waals surface area (Å²) in [5.41, 5.74) is 0.202. The number of methoxy groups -OCH3 is 1. The summed E-state index contributed by atoms with van der Waals surface area (Å²) in [5, 5.41) is 9.63. The molecule has 1 N–H and O–H groups in total. The highest BCUT2D eigenvalue weighted by Gasteiger charge is 2.38. The van der Waals surface area contributed by atoms with E-state index in [0.29, 0.717) is 13.1 Å². The van der Waals surface area contributed by atoms with E-state index in [9.17, 15) is 14.7 Å². The fourth-order valence-electron chi connectivity index (χ4n) is 2.33. The summed E-state index contributed by atoms with van der Waals surface area (Å²) in [5.74, 6) is -1.01. The molecular weight excluding hydrogens is 248 g/mol. The first-order valence-corrected chi connectivity index (χ1v) is 6.04. The van der Waals surface area contributed by atoms with Gasteiger partial charge in [-0.2, -0.15) is 0 Å². The summed E-state index contributed by atoms with van der Waals surface area (Å²) in [6.07, 6.45) is 2.68. The van der Waals surface area contributed by atoms with Crippen molar-refractivity contribution in [1.29, 1.82) is 0 Å². The minimum atomic E-state index is -0.307. The predicted molar refractivity (Wildman–Crippen MR) is 66.5 cm³/mol. The minimum absolute atomic E-state index is 0.0420. The quantitative estimate of drug-likeness (QED) is 0.794. The molecule has 0 spiro atoms. The molecule has 2 atom stereocenters. The number of amides is 1. The van der Waals surface area contributed by atoms with E-state index >= 15 is 0 Å². The Bertz CT molecular complexity index is 503. The van der Waals surface area contributed by atoms with Gasteiger partial charge in [0.1, 0.15) is 5.75 Å². The molecule has 1 aromatic heterocycles. The van der Waals surface area contributed by atoms with Crippen molar-refractivity contribution < 1.29 is 19.4 Å². The van der Waals surface area contributed by atoms with Gasteiger partial charge in [0.15, 0.2) is 0 Å². The molecule has 6 nitrogen and oxygen atoms in total. The molecule has 6 heteroatoms. The Morgan fingerprint density at radius 1 is 1.47 bits per heavy atom. The highest BCUT2D eigenvalue weighted by molar-refractivity contribution is 5.97. The van der Waals surface area contributed by atoms with Gasteiger partial charge < -0.3 is 14.7 Å². The Balaban J connectivity index is 2.15. The fraction of sp³-hybridized carbons (Fsp3) is 0.462. The summed E-state index contributed by atoms with van der Waals surface area (Å²) in [6, 6.07) is 1.47. The van der Waals surface area contributed by atoms with Crippen LogP contribution in [0.5, 0.6) is 5.75 Å². The van der Waals surface area contributed by atoms with Crippen LogP contribution in [0, 0.1) is 11.8 Å². The second kappa shape index (κ2) is 5.26. The van der Waals surface area contributed by atoms with E-state index in [2.05, 4.69) is 4.98 Å². The number of hydrogen-bond donors (Lipinski definition) is 1. The van der Waals surface area contributed by atoms with Crippen molar-refractivity contribution in [2.45, 2.75) is 6.92 Å². The second-order valence-corrected chi connectivity index (χ2v) is 4.71. The van der Waals surface area contributed by atoms with Crippen molar-refractivity contribution in [3.05, 3.63) is 24.0 Å². The van der Waals surface area contributed by atoms with E-state index in [1.807, 2.05) is 6.92 Å². The van der Waals surface area contributed by atoms with Crippen LogP contribution in [-0.2, 0) is 9.53 Å². The molecule has 1 amide bonds. The topological polar surface area (TPSA) is 79.7 Å². The molecule has 19 heavy (non-hydrogen) atoms. The molecule has 102 valence electrons. The Morgan fingerprint density at radius 3 is 2.84 bits per heavy atom. The van der Waals surface area contributed by atoms with E-state index in [0.717, 1.165) is 0 Å². The van der Waals surface area contributed by atoms with Crippen LogP contribution >= 0.6 is 0 Å². The van der Waals surface area contributed by atoms with Gasteiger partial charge >= 0.3 is 5.97 Å². The number of aromatic hydroxyl groups is 1. The van der Waals surface area contributed by atoms with E-state index < -0.39 is 0 Å². The van der Waals surface area contributed by atoms with Crippen molar-refractivity contribution in [1.82, 2.24) is 9.88 Å². The molecule has 2 rings (SSSR count). The third kappa shape index (κ3) is 2.52. The summed E-state index contributed by atoms with van der Waals surface area (Å²) >= 11 is 0. The molecular formula is C13H16N2O4. The summed E-state index contributed by atoms with van der Waals surface area (Å²) < 4.78 is 4.73. The van der Waals surface area contributed by atoms with Gasteiger partial charge in [0.2, 0.25) is 0 Å². The summed E-state index contributed by atoms with van der Waals surface area (Å²) in [6.45, 7) is 2.69. The predicted octanol–water partition coefficient (Wildman–Crippen LogP) is 0.668. The lowest BCUT2D eigenvalue weighted by molar-refractivity contribution is -0.146. The average Bonchev–Trinajstić information content (AvgIpc) is 2.80. The van der Waals surface area contributed by atoms with Gasteiger partial charge in [-0.25, -0.2) is 0 Å². The molecule has 0 aromatic carbocycles. The first-order valence-electron chi connectivity index (χ1n) is 6.04. The number of ether oxygens (including phenoxy) is 1. The van der Waals surface area contributed by atoms with Gasteiger partial charge in [0, 0.05) is 19.3 Å². The van der Waals surface area contributed by atoms with E-state index in [1.165, 1.54) is 25.6 Å². The van der Waals surface area contributed by atoms with E-state index in [1.54, 1.807) is 4.90 Å². The zero-order chi connectivity index (χ0) is 14.0. The van der Waals surface area contributed by atoms with Crippen molar-refractivity contribution in [2.75, 3.05) is 20.2 Å². The first kappa shape index (κ1) is 13.3. The molecule has 2 heterocycles. The van der Waals surface area contributed by atoms with Crippen LogP contribution in [0.2, 0.25) is 0 Å². The molecule has 2 unspecified atom stereocenters. The average molecular weight is 264 g/mol. The molecule has 1 saturated heterocycles. The van der Waals surface area contributed by atoms with Crippen molar-refractivity contribution in [3.8, 4) is 5.75 Å². The fourth-order valence-corrected chi connectivity index (χ4v) is 2.33. The molecule has 1 aliphatic rings. The maximum atomic E-state index is 12.3. The molecule has 1 fully saturated rings. The van der Waals surface area contributed by atoms with Gasteiger partial charge in [0.05, 0.1) is 24.8 Å². The van der Waals surface area contributed by atoms with Crippen molar-refractivity contribution in [3.63, 3.8) is 0 Å². The van der Waals surface area contributed by atoms with Crippen LogP contribution in [0.3, 0.4) is 0 Å². The van der Waals surface area contributed by atoms with E-state index in [-0.39, 0.29) is 35.0 Å². The SMILES string of the molecule is COC(=O)C1CN(C(=O)c2ccncc2O)CC1C. The van der Waals surface area contributed by atoms with Gasteiger partial charge in [-0.05, 0) is 12.0 Å². The third-order valence-corrected chi connectivity index (χ3v) is 3.43. The lowest BCUT2D eigenvalue weighted by atomic mass is 9.99. The Kier molecular flexibility index (Phi) is 3.69. The van der Waals surface area contributed by atoms with Gasteiger partial charge in [-0.15, -0.1) is 0 Å². The number of esters is 1. The summed E-state index contributed by atoms with van der Waals surface area (Å²) in [7, 11) is 1.34. The van der Waals surface area contributed by atoms with Gasteiger partial charge in [0.25, 0.3) is 5.91 Å². The summed E-state index contributed by atoms with van der Waals surface area (Å²) in [4.78, 5) is 29.1. The lowest BCUT2D eigenvalue weighted by Gasteiger charge is -2.16. The molecule has 0 saturated carbocycles. The number of carbonyl (C=O) groups is 2. The van der Waals surface area contributed by atoms with E-state index in [4.69, 9.17) is 4.74 Å². The highest BCUT2D eigenvalue weighted by atomic mass is 16.5. The maximum absolute atomic E-state index is 12.3. The molecule has 0 bridgehead atoms. The molecule has 1 aromatic rings. The lowest BCUT2D eigenvalue weighted by Crippen LogP contribution is -2.30. The van der Waals surface area contributed by atoms with Gasteiger partial charge in [-0.3, -0.25) is 14.6 Å². The zero-order valence-electron chi connectivity index (χ0n) is 10.9. The third-order valence-electron chi connectivity index (χ3n) is 3.43. The smallest absolute Gasteiger partial charge is 0.310 e. The van der Waals surface area contributed by atoms with Crippen LogP contribution in [0.1, 0.15) is 17.3 Å². The number of nitrogens with zero attached hydrogens (tertiary/aromatic N) is 2. The number of likely N-dealkylation sites (tertiary alicyclic amines) is 1. The first-order chi connectivity index (χ1) is 9.04. The normalized spacial score (nSPS) is 22.3. The van der Waals surface area contributed by atoms with Crippen LogP contribution in [-0.4, -0.2) is 47.1 Å². The number of pyridine rings is 1.